The molecular weight excluding hydrogens is 574 g/mol. The molecule has 10 nitrogen and oxygen atoms in total. The first-order chi connectivity index (χ1) is 19.6. The van der Waals surface area contributed by atoms with Gasteiger partial charge in [0.25, 0.3) is 0 Å². The van der Waals surface area contributed by atoms with Crippen LogP contribution in [0.5, 0.6) is 11.8 Å². The van der Waals surface area contributed by atoms with Crippen LogP contribution in [0.4, 0.5) is 23.4 Å². The number of methoxy groups -OCH3 is 3. The molecule has 5 rings (SSSR count). The van der Waals surface area contributed by atoms with Gasteiger partial charge in [0.1, 0.15) is 29.4 Å². The number of anilines is 1. The van der Waals surface area contributed by atoms with E-state index in [1.165, 1.54) is 27.5 Å². The summed E-state index contributed by atoms with van der Waals surface area (Å²) in [5.41, 5.74) is -2.75. The highest BCUT2D eigenvalue weighted by Crippen LogP contribution is 2.45. The molecule has 2 aliphatic rings. The minimum atomic E-state index is -4.92. The number of hydrogen-bond acceptors (Lipinski definition) is 10. The smallest absolute Gasteiger partial charge is 0.418 e. The monoisotopic (exact) mass is 601 g/mol. The number of alkyl halides is 3. The maximum Gasteiger partial charge on any atom is 0.418 e. The van der Waals surface area contributed by atoms with Crippen LogP contribution >= 0.6 is 11.6 Å². The summed E-state index contributed by atoms with van der Waals surface area (Å²) in [5, 5.41) is 3.06. The van der Waals surface area contributed by atoms with E-state index in [1.807, 2.05) is 4.90 Å². The second-order valence-corrected chi connectivity index (χ2v) is 10.1. The summed E-state index contributed by atoms with van der Waals surface area (Å²) in [7, 11) is 4.19. The quantitative estimate of drug-likeness (QED) is 0.265. The third kappa shape index (κ3) is 6.11. The van der Waals surface area contributed by atoms with Crippen molar-refractivity contribution >= 4 is 28.3 Å². The Kier molecular flexibility index (Phi) is 8.66. The fraction of sp³-hybridized carbons (Fsp3) is 0.500. The van der Waals surface area contributed by atoms with Crippen molar-refractivity contribution in [1.82, 2.24) is 20.3 Å². The van der Waals surface area contributed by atoms with Crippen LogP contribution in [-0.2, 0) is 20.4 Å². The zero-order chi connectivity index (χ0) is 29.3. The molecule has 222 valence electrons. The van der Waals surface area contributed by atoms with Gasteiger partial charge in [-0.2, -0.15) is 23.1 Å². The summed E-state index contributed by atoms with van der Waals surface area (Å²) < 4.78 is 84.8. The van der Waals surface area contributed by atoms with Gasteiger partial charge in [-0.1, -0.05) is 11.6 Å². The van der Waals surface area contributed by atoms with Gasteiger partial charge in [0.05, 0.1) is 16.0 Å². The van der Waals surface area contributed by atoms with E-state index in [0.717, 1.165) is 25.0 Å². The minimum Gasteiger partial charge on any atom is -0.467 e. The standard InChI is InChI=1S/C26H28ClF4N5O5/c1-37-12-41-15-6-16(20(18(27)7-15)26(29,30)31)22-21(28)23-17(8-32-22)24(36-9-13-4-5-14(10-36)33-13)35-25(34-23)40-11-19(38-2)39-3/h6-8,13-14,19,33H,4-5,9-12H2,1-3H3. The van der Waals surface area contributed by atoms with Crippen LogP contribution < -0.4 is 19.7 Å². The van der Waals surface area contributed by atoms with E-state index < -0.39 is 40.1 Å². The molecule has 2 aromatic heterocycles. The van der Waals surface area contributed by atoms with E-state index in [9.17, 15) is 13.2 Å². The lowest BCUT2D eigenvalue weighted by Gasteiger charge is -2.34. The summed E-state index contributed by atoms with van der Waals surface area (Å²) in [4.78, 5) is 14.9. The summed E-state index contributed by atoms with van der Waals surface area (Å²) in [6.45, 7) is 0.813. The Labute approximate surface area is 237 Å². The van der Waals surface area contributed by atoms with Gasteiger partial charge in [0.2, 0.25) is 0 Å². The van der Waals surface area contributed by atoms with E-state index in [-0.39, 0.29) is 48.1 Å². The van der Waals surface area contributed by atoms with Crippen LogP contribution in [0.25, 0.3) is 22.2 Å². The lowest BCUT2D eigenvalue weighted by molar-refractivity contribution is -0.137. The maximum atomic E-state index is 16.3. The van der Waals surface area contributed by atoms with Gasteiger partial charge in [0, 0.05) is 58.3 Å². The molecule has 1 aromatic carbocycles. The summed E-state index contributed by atoms with van der Waals surface area (Å²) in [6, 6.07) is 2.24. The first-order valence-corrected chi connectivity index (χ1v) is 13.1. The van der Waals surface area contributed by atoms with E-state index >= 15 is 4.39 Å². The SMILES string of the molecule is COCOc1cc(Cl)c(C(F)(F)F)c(-c2ncc3c(N4CC5CCC(C4)N5)nc(OCC(OC)OC)nc3c2F)c1. The van der Waals surface area contributed by atoms with Gasteiger partial charge in [0.15, 0.2) is 18.9 Å². The first-order valence-electron chi connectivity index (χ1n) is 12.7. The number of benzene rings is 1. The number of nitrogens with one attached hydrogen (secondary N) is 1. The molecular formula is C26H28ClF4N5O5. The number of rotatable bonds is 10. The van der Waals surface area contributed by atoms with Crippen molar-refractivity contribution in [3.63, 3.8) is 0 Å². The van der Waals surface area contributed by atoms with E-state index in [0.29, 0.717) is 18.9 Å². The second-order valence-electron chi connectivity index (χ2n) is 9.64. The molecule has 2 bridgehead atoms. The topological polar surface area (TPSA) is 100 Å². The number of nitrogens with zero attached hydrogens (tertiary/aromatic N) is 4. The van der Waals surface area contributed by atoms with Crippen molar-refractivity contribution in [2.75, 3.05) is 52.7 Å². The molecule has 0 amide bonds. The largest absolute Gasteiger partial charge is 0.467 e. The van der Waals surface area contributed by atoms with Crippen molar-refractivity contribution in [3.05, 3.63) is 34.7 Å². The number of piperazine rings is 1. The molecule has 2 unspecified atom stereocenters. The van der Waals surface area contributed by atoms with E-state index in [4.69, 9.17) is 35.3 Å². The van der Waals surface area contributed by atoms with Crippen LogP contribution in [0.1, 0.15) is 18.4 Å². The van der Waals surface area contributed by atoms with Crippen molar-refractivity contribution in [2.45, 2.75) is 37.4 Å². The molecule has 2 aliphatic heterocycles. The summed E-state index contributed by atoms with van der Waals surface area (Å²) in [6.07, 6.45) is -2.44. The lowest BCUT2D eigenvalue weighted by Crippen LogP contribution is -2.51. The van der Waals surface area contributed by atoms with Gasteiger partial charge in [-0.3, -0.25) is 4.98 Å². The predicted octanol–water partition coefficient (Wildman–Crippen LogP) is 4.42. The van der Waals surface area contributed by atoms with Crippen molar-refractivity contribution in [1.29, 1.82) is 0 Å². The molecule has 1 N–H and O–H groups in total. The fourth-order valence-electron chi connectivity index (χ4n) is 5.13. The molecule has 3 aromatic rings. The van der Waals surface area contributed by atoms with E-state index in [1.54, 1.807) is 0 Å². The Bertz CT molecular complexity index is 1400. The van der Waals surface area contributed by atoms with Gasteiger partial charge >= 0.3 is 12.2 Å². The number of pyridine rings is 1. The van der Waals surface area contributed by atoms with Crippen LogP contribution in [0.2, 0.25) is 5.02 Å². The Balaban J connectivity index is 1.67. The van der Waals surface area contributed by atoms with Gasteiger partial charge in [-0.15, -0.1) is 0 Å². The maximum absolute atomic E-state index is 16.3. The minimum absolute atomic E-state index is 0.0602. The Morgan fingerprint density at radius 3 is 2.41 bits per heavy atom. The summed E-state index contributed by atoms with van der Waals surface area (Å²) in [5.74, 6) is -0.802. The Morgan fingerprint density at radius 2 is 1.78 bits per heavy atom. The molecule has 2 fully saturated rings. The number of ether oxygens (including phenoxy) is 5. The highest BCUT2D eigenvalue weighted by atomic mass is 35.5. The molecule has 15 heteroatoms. The molecule has 0 spiro atoms. The lowest BCUT2D eigenvalue weighted by atomic mass is 10.0. The number of fused-ring (bicyclic) bond motifs is 3. The Morgan fingerprint density at radius 1 is 1.07 bits per heavy atom. The fourth-order valence-corrected chi connectivity index (χ4v) is 5.44. The third-order valence-electron chi connectivity index (χ3n) is 6.98. The first kappa shape index (κ1) is 29.5. The highest BCUT2D eigenvalue weighted by molar-refractivity contribution is 6.32. The van der Waals surface area contributed by atoms with Crippen molar-refractivity contribution in [3.8, 4) is 23.0 Å². The summed E-state index contributed by atoms with van der Waals surface area (Å²) >= 11 is 6.03. The number of hydrogen-bond donors (Lipinski definition) is 1. The predicted molar refractivity (Wildman–Crippen MR) is 141 cm³/mol. The molecule has 0 saturated carbocycles. The average Bonchev–Trinajstić information content (AvgIpc) is 3.28. The van der Waals surface area contributed by atoms with E-state index in [2.05, 4.69) is 20.3 Å². The molecule has 4 heterocycles. The van der Waals surface area contributed by atoms with Crippen LogP contribution in [0.15, 0.2) is 18.3 Å². The number of halogens is 5. The van der Waals surface area contributed by atoms with Crippen LogP contribution in [0, 0.1) is 5.82 Å². The molecule has 0 radical (unpaired) electrons. The van der Waals surface area contributed by atoms with Crippen LogP contribution in [-0.4, -0.2) is 81.1 Å². The molecule has 2 saturated heterocycles. The van der Waals surface area contributed by atoms with Crippen LogP contribution in [0.3, 0.4) is 0 Å². The zero-order valence-electron chi connectivity index (χ0n) is 22.4. The number of aromatic nitrogens is 3. The second kappa shape index (κ2) is 12.1. The highest BCUT2D eigenvalue weighted by Gasteiger charge is 2.39. The van der Waals surface area contributed by atoms with Crippen molar-refractivity contribution < 1.29 is 41.2 Å². The Hall–Kier alpha value is -3.04. The molecule has 2 atom stereocenters. The van der Waals surface area contributed by atoms with Gasteiger partial charge in [-0.25, -0.2) is 4.39 Å². The van der Waals surface area contributed by atoms with Gasteiger partial charge < -0.3 is 33.9 Å². The zero-order valence-corrected chi connectivity index (χ0v) is 23.2. The average molecular weight is 602 g/mol. The molecule has 0 aliphatic carbocycles. The van der Waals surface area contributed by atoms with Gasteiger partial charge in [-0.05, 0) is 25.0 Å². The third-order valence-corrected chi connectivity index (χ3v) is 7.28. The van der Waals surface area contributed by atoms with Crippen molar-refractivity contribution in [2.24, 2.45) is 0 Å². The normalized spacial score (nSPS) is 18.9. The molecule has 41 heavy (non-hydrogen) atoms.